The van der Waals surface area contributed by atoms with Crippen LogP contribution in [0.1, 0.15) is 23.0 Å². The van der Waals surface area contributed by atoms with Gasteiger partial charge < -0.3 is 15.4 Å². The molecule has 0 saturated carbocycles. The number of rotatable bonds is 7. The number of hydrogen-bond acceptors (Lipinski definition) is 6. The molecule has 10 nitrogen and oxygen atoms in total. The van der Waals surface area contributed by atoms with Crippen molar-refractivity contribution in [2.24, 2.45) is 0 Å². The number of amides is 3. The lowest BCUT2D eigenvalue weighted by molar-refractivity contribution is -0.118. The van der Waals surface area contributed by atoms with E-state index in [0.29, 0.717) is 10.2 Å². The predicted octanol–water partition coefficient (Wildman–Crippen LogP) is 2.68. The number of alkyl carbamates (subject to hydrolysis) is 1. The molecule has 1 atom stereocenters. The molecule has 3 amide bonds. The fourth-order valence-corrected chi connectivity index (χ4v) is 2.99. The van der Waals surface area contributed by atoms with Crippen LogP contribution in [0.5, 0.6) is 0 Å². The number of benzene rings is 1. The molecule has 0 aliphatic carbocycles. The number of aromatic nitrogens is 3. The van der Waals surface area contributed by atoms with Crippen molar-refractivity contribution in [1.29, 1.82) is 0 Å². The Bertz CT molecular complexity index is 1060. The molecule has 0 aliphatic heterocycles. The van der Waals surface area contributed by atoms with Crippen LogP contribution in [-0.4, -0.2) is 38.6 Å². The topological polar surface area (TPSA) is 127 Å². The van der Waals surface area contributed by atoms with Gasteiger partial charge in [0.15, 0.2) is 0 Å². The number of hydrogen-bond donors (Lipinski definition) is 3. The average Bonchev–Trinajstić information content (AvgIpc) is 3.13. The van der Waals surface area contributed by atoms with Crippen molar-refractivity contribution in [2.45, 2.75) is 19.6 Å². The number of nitrogens with zero attached hydrogens (tertiary/aromatic N) is 3. The maximum Gasteiger partial charge on any atom is 0.408 e. The van der Waals surface area contributed by atoms with E-state index in [2.05, 4.69) is 42.0 Å². The van der Waals surface area contributed by atoms with Crippen molar-refractivity contribution in [3.05, 3.63) is 77.0 Å². The molecule has 2 aromatic heterocycles. The molecule has 0 radical (unpaired) electrons. The van der Waals surface area contributed by atoms with E-state index < -0.39 is 23.9 Å². The highest BCUT2D eigenvalue weighted by molar-refractivity contribution is 9.10. The van der Waals surface area contributed by atoms with Gasteiger partial charge >= 0.3 is 6.09 Å². The van der Waals surface area contributed by atoms with Gasteiger partial charge in [-0.25, -0.2) is 14.8 Å². The van der Waals surface area contributed by atoms with Gasteiger partial charge in [-0.05, 0) is 34.5 Å². The van der Waals surface area contributed by atoms with Crippen LogP contribution in [0.3, 0.4) is 0 Å². The van der Waals surface area contributed by atoms with Gasteiger partial charge in [0.1, 0.15) is 24.7 Å². The van der Waals surface area contributed by atoms with Gasteiger partial charge in [-0.15, -0.1) is 0 Å². The lowest BCUT2D eigenvalue weighted by Crippen LogP contribution is -2.44. The quantitative estimate of drug-likeness (QED) is 0.471. The smallest absolute Gasteiger partial charge is 0.408 e. The van der Waals surface area contributed by atoms with Crippen LogP contribution in [0.15, 0.2) is 65.8 Å². The zero-order valence-corrected chi connectivity index (χ0v) is 18.0. The Morgan fingerprint density at radius 1 is 1.13 bits per heavy atom. The number of carbonyl (C=O) groups is 3. The van der Waals surface area contributed by atoms with E-state index in [1.54, 1.807) is 6.07 Å². The highest BCUT2D eigenvalue weighted by atomic mass is 79.9. The Hall–Kier alpha value is -3.73. The van der Waals surface area contributed by atoms with Crippen molar-refractivity contribution < 1.29 is 19.1 Å². The summed E-state index contributed by atoms with van der Waals surface area (Å²) in [7, 11) is 0. The van der Waals surface area contributed by atoms with Crippen LogP contribution in [0.4, 0.5) is 10.5 Å². The molecule has 0 bridgehead atoms. The Balaban J connectivity index is 1.57. The van der Waals surface area contributed by atoms with Crippen LogP contribution in [0.25, 0.3) is 0 Å². The summed E-state index contributed by atoms with van der Waals surface area (Å²) >= 11 is 3.29. The molecule has 160 valence electrons. The number of carbonyl (C=O) groups excluding carboxylic acids is 3. The number of anilines is 1. The second kappa shape index (κ2) is 10.3. The van der Waals surface area contributed by atoms with Crippen LogP contribution in [0, 0.1) is 0 Å². The molecule has 3 N–H and O–H groups in total. The zero-order valence-electron chi connectivity index (χ0n) is 16.4. The fraction of sp³-hybridized carbons (Fsp3) is 0.150. The molecular formula is C20H19BrN6O4. The van der Waals surface area contributed by atoms with E-state index in [0.717, 1.165) is 5.56 Å². The third-order valence-electron chi connectivity index (χ3n) is 4.04. The van der Waals surface area contributed by atoms with Crippen molar-refractivity contribution in [1.82, 2.24) is 20.0 Å². The largest absolute Gasteiger partial charge is 0.445 e. The molecule has 0 aliphatic rings. The van der Waals surface area contributed by atoms with E-state index in [4.69, 9.17) is 4.74 Å². The summed E-state index contributed by atoms with van der Waals surface area (Å²) in [5, 5.41) is 5.09. The van der Waals surface area contributed by atoms with Gasteiger partial charge in [-0.3, -0.25) is 19.7 Å². The average molecular weight is 487 g/mol. The monoisotopic (exact) mass is 486 g/mol. The fourth-order valence-electron chi connectivity index (χ4n) is 2.50. The summed E-state index contributed by atoms with van der Waals surface area (Å²) < 4.78 is 6.82. The van der Waals surface area contributed by atoms with Crippen molar-refractivity contribution >= 4 is 39.5 Å². The SMILES string of the molecule is C[C@H](NC(=O)OCc1ccccc1)C(=O)Nn1ccc(Br)c1C(=O)Nc1cncnc1. The minimum atomic E-state index is -0.914. The molecular weight excluding hydrogens is 468 g/mol. The highest BCUT2D eigenvalue weighted by Crippen LogP contribution is 2.18. The summed E-state index contributed by atoms with van der Waals surface area (Å²) in [5.41, 5.74) is 3.93. The molecule has 0 unspecified atom stereocenters. The Morgan fingerprint density at radius 3 is 2.55 bits per heavy atom. The minimum absolute atomic E-state index is 0.0824. The Labute approximate surface area is 186 Å². The van der Waals surface area contributed by atoms with Gasteiger partial charge in [0.05, 0.1) is 22.6 Å². The van der Waals surface area contributed by atoms with Crippen molar-refractivity contribution in [3.63, 3.8) is 0 Å². The first-order valence-corrected chi connectivity index (χ1v) is 9.94. The molecule has 31 heavy (non-hydrogen) atoms. The molecule has 2 heterocycles. The first-order valence-electron chi connectivity index (χ1n) is 9.15. The standard InChI is InChI=1S/C20H19BrN6O4/c1-13(24-20(30)31-11-14-5-3-2-4-6-14)18(28)26-27-8-7-16(21)17(27)19(29)25-15-9-22-12-23-10-15/h2-10,12-13H,11H2,1H3,(H,24,30)(H,25,29)(H,26,28)/t13-/m0/s1. The first kappa shape index (κ1) is 22.0. The van der Waals surface area contributed by atoms with Crippen LogP contribution in [0.2, 0.25) is 0 Å². The lowest BCUT2D eigenvalue weighted by atomic mass is 10.2. The van der Waals surface area contributed by atoms with Crippen molar-refractivity contribution in [2.75, 3.05) is 10.7 Å². The minimum Gasteiger partial charge on any atom is -0.445 e. The van der Waals surface area contributed by atoms with E-state index in [-0.39, 0.29) is 12.3 Å². The van der Waals surface area contributed by atoms with Crippen LogP contribution in [-0.2, 0) is 16.1 Å². The van der Waals surface area contributed by atoms with Crippen molar-refractivity contribution in [3.8, 4) is 0 Å². The van der Waals surface area contributed by atoms with E-state index >= 15 is 0 Å². The van der Waals surface area contributed by atoms with Gasteiger partial charge in [-0.2, -0.15) is 0 Å². The Morgan fingerprint density at radius 2 is 1.84 bits per heavy atom. The van der Waals surface area contributed by atoms with Gasteiger partial charge in [-0.1, -0.05) is 30.3 Å². The maximum absolute atomic E-state index is 12.6. The van der Waals surface area contributed by atoms with Gasteiger partial charge in [0, 0.05) is 6.20 Å². The second-order valence-electron chi connectivity index (χ2n) is 6.37. The van der Waals surface area contributed by atoms with E-state index in [1.165, 1.54) is 36.5 Å². The third kappa shape index (κ3) is 6.12. The van der Waals surface area contributed by atoms with Gasteiger partial charge in [0.2, 0.25) is 0 Å². The summed E-state index contributed by atoms with van der Waals surface area (Å²) in [4.78, 5) is 44.7. The molecule has 11 heteroatoms. The Kier molecular flexibility index (Phi) is 7.33. The highest BCUT2D eigenvalue weighted by Gasteiger charge is 2.21. The number of ether oxygens (including phenoxy) is 1. The molecule has 0 fully saturated rings. The zero-order chi connectivity index (χ0) is 22.2. The molecule has 0 saturated heterocycles. The number of nitrogens with one attached hydrogen (secondary N) is 3. The van der Waals surface area contributed by atoms with E-state index in [1.807, 2.05) is 30.3 Å². The van der Waals surface area contributed by atoms with Crippen LogP contribution < -0.4 is 16.1 Å². The normalized spacial score (nSPS) is 11.3. The van der Waals surface area contributed by atoms with E-state index in [9.17, 15) is 14.4 Å². The predicted molar refractivity (Wildman–Crippen MR) is 116 cm³/mol. The summed E-state index contributed by atoms with van der Waals surface area (Å²) in [5.74, 6) is -1.04. The lowest BCUT2D eigenvalue weighted by Gasteiger charge is -2.16. The summed E-state index contributed by atoms with van der Waals surface area (Å²) in [6.45, 7) is 1.58. The second-order valence-corrected chi connectivity index (χ2v) is 7.22. The van der Waals surface area contributed by atoms with Gasteiger partial charge in [0.25, 0.3) is 11.8 Å². The molecule has 3 rings (SSSR count). The number of halogens is 1. The molecule has 0 spiro atoms. The third-order valence-corrected chi connectivity index (χ3v) is 4.68. The summed E-state index contributed by atoms with van der Waals surface area (Å²) in [6.07, 6.45) is 4.99. The molecule has 1 aromatic carbocycles. The maximum atomic E-state index is 12.6. The van der Waals surface area contributed by atoms with Crippen LogP contribution >= 0.6 is 15.9 Å². The summed E-state index contributed by atoms with van der Waals surface area (Å²) in [6, 6.07) is 9.85. The molecule has 3 aromatic rings. The first-order chi connectivity index (χ1) is 14.9.